The minimum Gasteiger partial charge on any atom is -0.320 e. The zero-order valence-electron chi connectivity index (χ0n) is 10.6. The smallest absolute Gasteiger partial charge is 0.210 e. The summed E-state index contributed by atoms with van der Waals surface area (Å²) in [5.74, 6) is 4.19. The second-order valence-corrected chi connectivity index (χ2v) is 4.64. The average molecular weight is 268 g/mol. The van der Waals surface area contributed by atoms with Crippen molar-refractivity contribution in [3.05, 3.63) is 29.8 Å². The van der Waals surface area contributed by atoms with E-state index in [9.17, 15) is 8.78 Å². The number of aliphatic imine (C=N–C) groups is 1. The van der Waals surface area contributed by atoms with Gasteiger partial charge in [0.15, 0.2) is 0 Å². The summed E-state index contributed by atoms with van der Waals surface area (Å²) >= 11 is 0. The first kappa shape index (κ1) is 13.7. The Morgan fingerprint density at radius 3 is 2.37 bits per heavy atom. The molecule has 1 aromatic rings. The van der Waals surface area contributed by atoms with Crippen LogP contribution in [0.5, 0.6) is 0 Å². The van der Waals surface area contributed by atoms with Crippen molar-refractivity contribution in [1.82, 2.24) is 5.43 Å². The molecule has 1 aromatic carbocycles. The molecule has 0 spiro atoms. The molecule has 0 saturated heterocycles. The van der Waals surface area contributed by atoms with Crippen LogP contribution in [0.1, 0.15) is 32.1 Å². The summed E-state index contributed by atoms with van der Waals surface area (Å²) in [6.45, 7) is 0. The lowest BCUT2D eigenvalue weighted by Crippen LogP contribution is -2.38. The molecule has 0 unspecified atom stereocenters. The number of benzene rings is 1. The van der Waals surface area contributed by atoms with Gasteiger partial charge in [0.25, 0.3) is 0 Å². The van der Waals surface area contributed by atoms with Crippen molar-refractivity contribution in [1.29, 1.82) is 0 Å². The monoisotopic (exact) mass is 268 g/mol. The van der Waals surface area contributed by atoms with E-state index in [0.717, 1.165) is 25.7 Å². The van der Waals surface area contributed by atoms with Crippen molar-refractivity contribution in [3.63, 3.8) is 0 Å². The van der Waals surface area contributed by atoms with E-state index in [1.807, 2.05) is 0 Å². The summed E-state index contributed by atoms with van der Waals surface area (Å²) in [5, 5.41) is 2.58. The molecule has 0 atom stereocenters. The van der Waals surface area contributed by atoms with Crippen molar-refractivity contribution in [2.24, 2.45) is 10.8 Å². The Labute approximate surface area is 111 Å². The molecule has 1 fully saturated rings. The van der Waals surface area contributed by atoms with E-state index in [4.69, 9.17) is 5.84 Å². The van der Waals surface area contributed by atoms with E-state index in [1.54, 1.807) is 0 Å². The van der Waals surface area contributed by atoms with E-state index in [0.29, 0.717) is 0 Å². The maximum Gasteiger partial charge on any atom is 0.210 e. The molecule has 1 aliphatic rings. The average Bonchev–Trinajstić information content (AvgIpc) is 2.43. The highest BCUT2D eigenvalue weighted by atomic mass is 19.1. The largest absolute Gasteiger partial charge is 0.320 e. The second kappa shape index (κ2) is 6.47. The lowest BCUT2D eigenvalue weighted by Gasteiger charge is -2.19. The lowest BCUT2D eigenvalue weighted by atomic mass is 9.96. The maximum absolute atomic E-state index is 13.5. The Bertz CT molecular complexity index is 436. The van der Waals surface area contributed by atoms with Crippen molar-refractivity contribution in [2.45, 2.75) is 38.1 Å². The van der Waals surface area contributed by atoms with E-state index < -0.39 is 11.6 Å². The molecule has 0 aromatic heterocycles. The van der Waals surface area contributed by atoms with Crippen LogP contribution in [0.2, 0.25) is 0 Å². The molecule has 4 nitrogen and oxygen atoms in total. The summed E-state index contributed by atoms with van der Waals surface area (Å²) in [6.07, 6.45) is 5.42. The van der Waals surface area contributed by atoms with E-state index in [2.05, 4.69) is 15.7 Å². The maximum atomic E-state index is 13.5. The van der Waals surface area contributed by atoms with Crippen molar-refractivity contribution < 1.29 is 8.78 Å². The molecule has 1 saturated carbocycles. The number of nitrogens with zero attached hydrogens (tertiary/aromatic N) is 1. The third-order valence-corrected chi connectivity index (χ3v) is 3.23. The van der Waals surface area contributed by atoms with Crippen LogP contribution in [0.25, 0.3) is 0 Å². The number of nitrogens with two attached hydrogens (primary N) is 1. The van der Waals surface area contributed by atoms with Crippen molar-refractivity contribution >= 4 is 11.6 Å². The van der Waals surface area contributed by atoms with E-state index in [1.165, 1.54) is 24.6 Å². The number of hydrazine groups is 1. The highest BCUT2D eigenvalue weighted by Crippen LogP contribution is 2.21. The van der Waals surface area contributed by atoms with Crippen LogP contribution >= 0.6 is 0 Å². The first-order valence-electron chi connectivity index (χ1n) is 6.46. The first-order chi connectivity index (χ1) is 9.20. The zero-order chi connectivity index (χ0) is 13.7. The lowest BCUT2D eigenvalue weighted by molar-refractivity contribution is 0.442. The van der Waals surface area contributed by atoms with Gasteiger partial charge in [-0.1, -0.05) is 25.3 Å². The topological polar surface area (TPSA) is 62.4 Å². The van der Waals surface area contributed by atoms with Gasteiger partial charge in [0.2, 0.25) is 5.96 Å². The first-order valence-corrected chi connectivity index (χ1v) is 6.46. The van der Waals surface area contributed by atoms with Gasteiger partial charge in [0.05, 0.1) is 6.04 Å². The molecule has 0 aliphatic heterocycles. The van der Waals surface area contributed by atoms with Gasteiger partial charge >= 0.3 is 0 Å². The highest BCUT2D eigenvalue weighted by Gasteiger charge is 2.15. The minimum absolute atomic E-state index is 0.155. The SMILES string of the molecule is NNC(=NC1CCCCC1)Nc1c(F)cccc1F. The Morgan fingerprint density at radius 2 is 1.79 bits per heavy atom. The van der Waals surface area contributed by atoms with Gasteiger partial charge in [0, 0.05) is 0 Å². The second-order valence-electron chi connectivity index (χ2n) is 4.64. The number of hydrogen-bond acceptors (Lipinski definition) is 2. The van der Waals surface area contributed by atoms with Crippen LogP contribution in [-0.4, -0.2) is 12.0 Å². The normalized spacial score (nSPS) is 17.3. The fourth-order valence-corrected chi connectivity index (χ4v) is 2.23. The van der Waals surface area contributed by atoms with Crippen LogP contribution in [0.4, 0.5) is 14.5 Å². The summed E-state index contributed by atoms with van der Waals surface area (Å²) in [7, 11) is 0. The summed E-state index contributed by atoms with van der Waals surface area (Å²) in [5.41, 5.74) is 2.12. The third kappa shape index (κ3) is 3.64. The Kier molecular flexibility index (Phi) is 4.68. The van der Waals surface area contributed by atoms with Crippen LogP contribution < -0.4 is 16.6 Å². The summed E-state index contributed by atoms with van der Waals surface area (Å²) < 4.78 is 27.0. The fourth-order valence-electron chi connectivity index (χ4n) is 2.23. The van der Waals surface area contributed by atoms with Crippen LogP contribution in [-0.2, 0) is 0 Å². The Morgan fingerprint density at radius 1 is 1.16 bits per heavy atom. The number of guanidine groups is 1. The van der Waals surface area contributed by atoms with Gasteiger partial charge in [-0.2, -0.15) is 0 Å². The van der Waals surface area contributed by atoms with Crippen molar-refractivity contribution in [2.75, 3.05) is 5.32 Å². The minimum atomic E-state index is -0.674. The molecule has 6 heteroatoms. The van der Waals surface area contributed by atoms with Gasteiger partial charge in [-0.05, 0) is 25.0 Å². The Balaban J connectivity index is 2.12. The number of anilines is 1. The predicted molar refractivity (Wildman–Crippen MR) is 71.6 cm³/mol. The number of halogens is 2. The third-order valence-electron chi connectivity index (χ3n) is 3.23. The molecular weight excluding hydrogens is 250 g/mol. The van der Waals surface area contributed by atoms with Gasteiger partial charge in [-0.3, -0.25) is 5.43 Å². The van der Waals surface area contributed by atoms with Gasteiger partial charge in [-0.15, -0.1) is 0 Å². The highest BCUT2D eigenvalue weighted by molar-refractivity contribution is 5.93. The Hall–Kier alpha value is -1.69. The van der Waals surface area contributed by atoms with Gasteiger partial charge in [0.1, 0.15) is 17.3 Å². The van der Waals surface area contributed by atoms with Crippen molar-refractivity contribution in [3.8, 4) is 0 Å². The zero-order valence-corrected chi connectivity index (χ0v) is 10.6. The van der Waals surface area contributed by atoms with E-state index >= 15 is 0 Å². The summed E-state index contributed by atoms with van der Waals surface area (Å²) in [6, 6.07) is 3.83. The molecule has 1 aliphatic carbocycles. The van der Waals surface area contributed by atoms with E-state index in [-0.39, 0.29) is 17.7 Å². The molecule has 19 heavy (non-hydrogen) atoms. The quantitative estimate of drug-likeness (QED) is 0.334. The molecule has 0 heterocycles. The number of rotatable bonds is 2. The molecule has 0 amide bonds. The fraction of sp³-hybridized carbons (Fsp3) is 0.462. The molecule has 104 valence electrons. The van der Waals surface area contributed by atoms with Crippen LogP contribution in [0.15, 0.2) is 23.2 Å². The number of hydrogen-bond donors (Lipinski definition) is 3. The standard InChI is InChI=1S/C13H18F2N4/c14-10-7-4-8-11(15)12(10)18-13(19-16)17-9-5-2-1-3-6-9/h4,7-9H,1-3,5-6,16H2,(H2,17,18,19). The number of nitrogens with one attached hydrogen (secondary N) is 2. The number of para-hydroxylation sites is 1. The molecule has 4 N–H and O–H groups in total. The van der Waals surface area contributed by atoms with Gasteiger partial charge < -0.3 is 5.32 Å². The molecule has 0 radical (unpaired) electrons. The molecule has 0 bridgehead atoms. The predicted octanol–water partition coefficient (Wildman–Crippen LogP) is 2.53. The molecule has 2 rings (SSSR count). The van der Waals surface area contributed by atoms with Gasteiger partial charge in [-0.25, -0.2) is 19.6 Å². The van der Waals surface area contributed by atoms with Crippen LogP contribution in [0, 0.1) is 11.6 Å². The van der Waals surface area contributed by atoms with Crippen LogP contribution in [0.3, 0.4) is 0 Å². The summed E-state index contributed by atoms with van der Waals surface area (Å²) in [4.78, 5) is 4.37. The molecular formula is C13H18F2N4.